The van der Waals surface area contributed by atoms with Crippen LogP contribution in [0.25, 0.3) is 11.3 Å². The highest BCUT2D eigenvalue weighted by Crippen LogP contribution is 2.25. The first-order chi connectivity index (χ1) is 7.59. The third-order valence-corrected chi connectivity index (χ3v) is 2.33. The Balaban J connectivity index is 2.67. The van der Waals surface area contributed by atoms with Crippen molar-refractivity contribution >= 4 is 11.6 Å². The normalized spacial score (nSPS) is 10.5. The van der Waals surface area contributed by atoms with E-state index in [9.17, 15) is 8.78 Å². The van der Waals surface area contributed by atoms with Crippen LogP contribution in [0.4, 0.5) is 8.78 Å². The van der Waals surface area contributed by atoms with Gasteiger partial charge in [-0.3, -0.25) is 0 Å². The minimum absolute atomic E-state index is 0.00395. The first kappa shape index (κ1) is 11.0. The molecular weight excluding hydrogens is 234 g/mol. The van der Waals surface area contributed by atoms with Gasteiger partial charge in [0.15, 0.2) is 11.6 Å². The highest BCUT2D eigenvalue weighted by Gasteiger charge is 2.13. The fourth-order valence-corrected chi connectivity index (χ4v) is 1.51. The number of hydrogen-bond acceptors (Lipinski definition) is 2. The fraction of sp³-hybridized carbons (Fsp3) is 0.0909. The van der Waals surface area contributed by atoms with Gasteiger partial charge in [0.05, 0.1) is 5.69 Å². The molecule has 0 aliphatic rings. The average Bonchev–Trinajstić information content (AvgIpc) is 2.26. The van der Waals surface area contributed by atoms with Gasteiger partial charge in [-0.25, -0.2) is 18.7 Å². The molecule has 0 fully saturated rings. The summed E-state index contributed by atoms with van der Waals surface area (Å²) in [5.41, 5.74) is 1.02. The summed E-state index contributed by atoms with van der Waals surface area (Å²) >= 11 is 5.62. The van der Waals surface area contributed by atoms with Crippen LogP contribution in [0, 0.1) is 18.6 Å². The summed E-state index contributed by atoms with van der Waals surface area (Å²) in [4.78, 5) is 7.65. The summed E-state index contributed by atoms with van der Waals surface area (Å²) < 4.78 is 26.6. The lowest BCUT2D eigenvalue weighted by molar-refractivity contribution is 0.511. The Bertz CT molecular complexity index is 544. The molecule has 0 bridgehead atoms. The monoisotopic (exact) mass is 240 g/mol. The number of halogens is 3. The van der Waals surface area contributed by atoms with Crippen LogP contribution in [-0.2, 0) is 0 Å². The second-order valence-electron chi connectivity index (χ2n) is 3.27. The third-order valence-electron chi connectivity index (χ3n) is 2.15. The third kappa shape index (κ3) is 1.88. The van der Waals surface area contributed by atoms with Crippen LogP contribution in [0.3, 0.4) is 0 Å². The van der Waals surface area contributed by atoms with E-state index < -0.39 is 11.6 Å². The standard InChI is InChI=1S/C11H7ClF2N2/c1-6-5-15-11(12)16-10(6)7-3-2-4-8(13)9(7)14/h2-5H,1H3. The minimum Gasteiger partial charge on any atom is -0.226 e. The first-order valence-corrected chi connectivity index (χ1v) is 4.91. The Labute approximate surface area is 95.9 Å². The van der Waals surface area contributed by atoms with E-state index in [2.05, 4.69) is 9.97 Å². The quantitative estimate of drug-likeness (QED) is 0.714. The summed E-state index contributed by atoms with van der Waals surface area (Å²) in [5.74, 6) is -1.84. The molecule has 0 atom stereocenters. The number of rotatable bonds is 1. The molecule has 0 spiro atoms. The fourth-order valence-electron chi connectivity index (χ4n) is 1.38. The minimum atomic E-state index is -0.930. The van der Waals surface area contributed by atoms with Crippen LogP contribution in [0.5, 0.6) is 0 Å². The smallest absolute Gasteiger partial charge is 0.222 e. The molecule has 5 heteroatoms. The largest absolute Gasteiger partial charge is 0.226 e. The Morgan fingerprint density at radius 1 is 1.25 bits per heavy atom. The summed E-state index contributed by atoms with van der Waals surface area (Å²) in [6, 6.07) is 3.92. The number of aryl methyl sites for hydroxylation is 1. The van der Waals surface area contributed by atoms with Gasteiger partial charge in [0.2, 0.25) is 5.28 Å². The zero-order valence-electron chi connectivity index (χ0n) is 8.34. The maximum atomic E-state index is 13.5. The summed E-state index contributed by atoms with van der Waals surface area (Å²) in [7, 11) is 0. The van der Waals surface area contributed by atoms with E-state index in [1.807, 2.05) is 0 Å². The van der Waals surface area contributed by atoms with Gasteiger partial charge in [0.25, 0.3) is 0 Å². The molecule has 2 nitrogen and oxygen atoms in total. The zero-order valence-corrected chi connectivity index (χ0v) is 9.09. The van der Waals surface area contributed by atoms with Crippen molar-refractivity contribution in [1.82, 2.24) is 9.97 Å². The molecule has 0 aliphatic heterocycles. The Morgan fingerprint density at radius 2 is 2.00 bits per heavy atom. The predicted octanol–water partition coefficient (Wildman–Crippen LogP) is 3.38. The van der Waals surface area contributed by atoms with Crippen LogP contribution in [-0.4, -0.2) is 9.97 Å². The zero-order chi connectivity index (χ0) is 11.7. The predicted molar refractivity (Wildman–Crippen MR) is 57.1 cm³/mol. The maximum Gasteiger partial charge on any atom is 0.222 e. The summed E-state index contributed by atoms with van der Waals surface area (Å²) in [6.45, 7) is 1.70. The van der Waals surface area contributed by atoms with Crippen molar-refractivity contribution in [1.29, 1.82) is 0 Å². The molecule has 1 aromatic heterocycles. The topological polar surface area (TPSA) is 25.8 Å². The second-order valence-corrected chi connectivity index (χ2v) is 3.61. The highest BCUT2D eigenvalue weighted by molar-refractivity contribution is 6.28. The van der Waals surface area contributed by atoms with Gasteiger partial charge in [-0.15, -0.1) is 0 Å². The van der Waals surface area contributed by atoms with Gasteiger partial charge in [0.1, 0.15) is 0 Å². The summed E-state index contributed by atoms with van der Waals surface area (Å²) in [6.07, 6.45) is 1.47. The van der Waals surface area contributed by atoms with Crippen molar-refractivity contribution in [3.05, 3.63) is 46.9 Å². The molecule has 16 heavy (non-hydrogen) atoms. The number of hydrogen-bond donors (Lipinski definition) is 0. The van der Waals surface area contributed by atoms with E-state index in [1.165, 1.54) is 18.3 Å². The Hall–Kier alpha value is -1.55. The van der Waals surface area contributed by atoms with E-state index >= 15 is 0 Å². The van der Waals surface area contributed by atoms with Crippen LogP contribution in [0.2, 0.25) is 5.28 Å². The maximum absolute atomic E-state index is 13.5. The SMILES string of the molecule is Cc1cnc(Cl)nc1-c1cccc(F)c1F. The van der Waals surface area contributed by atoms with E-state index in [-0.39, 0.29) is 10.8 Å². The van der Waals surface area contributed by atoms with Gasteiger partial charge in [-0.1, -0.05) is 6.07 Å². The van der Waals surface area contributed by atoms with E-state index in [0.717, 1.165) is 6.07 Å². The number of benzene rings is 1. The molecule has 0 saturated carbocycles. The molecule has 2 rings (SSSR count). The lowest BCUT2D eigenvalue weighted by Gasteiger charge is -2.06. The van der Waals surface area contributed by atoms with Crippen molar-refractivity contribution in [2.45, 2.75) is 6.92 Å². The molecule has 0 N–H and O–H groups in total. The van der Waals surface area contributed by atoms with Crippen LogP contribution in [0.15, 0.2) is 24.4 Å². The number of aromatic nitrogens is 2. The second kappa shape index (κ2) is 4.14. The average molecular weight is 241 g/mol. The van der Waals surface area contributed by atoms with Gasteiger partial charge >= 0.3 is 0 Å². The lowest BCUT2D eigenvalue weighted by Crippen LogP contribution is -1.96. The first-order valence-electron chi connectivity index (χ1n) is 4.53. The van der Waals surface area contributed by atoms with E-state index in [1.54, 1.807) is 6.92 Å². The highest BCUT2D eigenvalue weighted by atomic mass is 35.5. The van der Waals surface area contributed by atoms with E-state index in [0.29, 0.717) is 11.3 Å². The molecule has 0 saturated heterocycles. The molecular formula is C11H7ClF2N2. The number of nitrogens with zero attached hydrogens (tertiary/aromatic N) is 2. The molecule has 0 unspecified atom stereocenters. The molecule has 0 amide bonds. The summed E-state index contributed by atoms with van der Waals surface area (Å²) in [5, 5.41) is 0.00395. The Morgan fingerprint density at radius 3 is 2.75 bits per heavy atom. The van der Waals surface area contributed by atoms with E-state index in [4.69, 9.17) is 11.6 Å². The van der Waals surface area contributed by atoms with Gasteiger partial charge in [-0.2, -0.15) is 0 Å². The lowest BCUT2D eigenvalue weighted by atomic mass is 10.1. The molecule has 0 aliphatic carbocycles. The van der Waals surface area contributed by atoms with Crippen molar-refractivity contribution in [3.63, 3.8) is 0 Å². The molecule has 0 radical (unpaired) electrons. The van der Waals surface area contributed by atoms with Crippen molar-refractivity contribution < 1.29 is 8.78 Å². The van der Waals surface area contributed by atoms with Crippen LogP contribution in [0.1, 0.15) is 5.56 Å². The van der Waals surface area contributed by atoms with Gasteiger partial charge in [0, 0.05) is 11.8 Å². The van der Waals surface area contributed by atoms with Crippen molar-refractivity contribution in [2.24, 2.45) is 0 Å². The van der Waals surface area contributed by atoms with Gasteiger partial charge < -0.3 is 0 Å². The molecule has 2 aromatic rings. The van der Waals surface area contributed by atoms with Gasteiger partial charge in [-0.05, 0) is 36.2 Å². The molecule has 1 heterocycles. The molecule has 1 aromatic carbocycles. The van der Waals surface area contributed by atoms with Crippen molar-refractivity contribution in [2.75, 3.05) is 0 Å². The molecule has 82 valence electrons. The van der Waals surface area contributed by atoms with Crippen LogP contribution < -0.4 is 0 Å². The van der Waals surface area contributed by atoms with Crippen molar-refractivity contribution in [3.8, 4) is 11.3 Å². The van der Waals surface area contributed by atoms with Crippen LogP contribution >= 0.6 is 11.6 Å². The Kier molecular flexibility index (Phi) is 2.83.